The standard InChI is InChI=1S/C15H16N4O3/c1-9-4-5-10(6-11(9)20)18-15-13-14(22-3)12(21-2)7-19(13)17-8-16-15/h4-8,20H,1-3H3,(H,16,17,18). The maximum atomic E-state index is 9.81. The van der Waals surface area contributed by atoms with E-state index in [2.05, 4.69) is 15.4 Å². The summed E-state index contributed by atoms with van der Waals surface area (Å²) in [5, 5.41) is 17.1. The fourth-order valence-corrected chi connectivity index (χ4v) is 2.22. The molecular formula is C15H16N4O3. The maximum Gasteiger partial charge on any atom is 0.192 e. The van der Waals surface area contributed by atoms with E-state index < -0.39 is 0 Å². The first-order valence-electron chi connectivity index (χ1n) is 6.65. The Labute approximate surface area is 127 Å². The zero-order chi connectivity index (χ0) is 15.7. The normalized spacial score (nSPS) is 10.7. The Kier molecular flexibility index (Phi) is 3.46. The quantitative estimate of drug-likeness (QED) is 0.770. The highest BCUT2D eigenvalue weighted by Crippen LogP contribution is 2.37. The molecule has 114 valence electrons. The van der Waals surface area contributed by atoms with Crippen LogP contribution in [-0.2, 0) is 0 Å². The van der Waals surface area contributed by atoms with Crippen molar-refractivity contribution in [2.24, 2.45) is 0 Å². The smallest absolute Gasteiger partial charge is 0.192 e. The lowest BCUT2D eigenvalue weighted by Gasteiger charge is -2.09. The zero-order valence-corrected chi connectivity index (χ0v) is 12.5. The summed E-state index contributed by atoms with van der Waals surface area (Å²) >= 11 is 0. The molecule has 0 spiro atoms. The Balaban J connectivity index is 2.10. The number of aryl methyl sites for hydroxylation is 1. The fraction of sp³-hybridized carbons (Fsp3) is 0.200. The molecule has 2 heterocycles. The van der Waals surface area contributed by atoms with Crippen molar-refractivity contribution in [2.75, 3.05) is 19.5 Å². The third-order valence-electron chi connectivity index (χ3n) is 3.39. The number of anilines is 2. The van der Waals surface area contributed by atoms with Crippen molar-refractivity contribution in [3.63, 3.8) is 0 Å². The lowest BCUT2D eigenvalue weighted by atomic mass is 10.2. The van der Waals surface area contributed by atoms with Crippen LogP contribution in [0.5, 0.6) is 17.2 Å². The predicted octanol–water partition coefficient (Wildman–Crippen LogP) is 2.50. The summed E-state index contributed by atoms with van der Waals surface area (Å²) < 4.78 is 12.3. The van der Waals surface area contributed by atoms with E-state index in [-0.39, 0.29) is 5.75 Å². The van der Waals surface area contributed by atoms with Gasteiger partial charge in [-0.05, 0) is 18.6 Å². The van der Waals surface area contributed by atoms with E-state index >= 15 is 0 Å². The first-order valence-corrected chi connectivity index (χ1v) is 6.65. The number of nitrogens with one attached hydrogen (secondary N) is 1. The molecule has 0 aliphatic carbocycles. The highest BCUT2D eigenvalue weighted by molar-refractivity contribution is 5.82. The van der Waals surface area contributed by atoms with Gasteiger partial charge in [0.15, 0.2) is 22.8 Å². The molecule has 0 radical (unpaired) electrons. The maximum absolute atomic E-state index is 9.81. The van der Waals surface area contributed by atoms with Crippen molar-refractivity contribution in [1.29, 1.82) is 0 Å². The van der Waals surface area contributed by atoms with Gasteiger partial charge in [0.1, 0.15) is 12.1 Å². The monoisotopic (exact) mass is 300 g/mol. The topological polar surface area (TPSA) is 80.9 Å². The molecule has 0 amide bonds. The van der Waals surface area contributed by atoms with Crippen molar-refractivity contribution >= 4 is 17.0 Å². The average Bonchev–Trinajstić information content (AvgIpc) is 2.89. The number of methoxy groups -OCH3 is 2. The van der Waals surface area contributed by atoms with E-state index in [1.807, 2.05) is 19.1 Å². The summed E-state index contributed by atoms with van der Waals surface area (Å²) in [7, 11) is 3.13. The van der Waals surface area contributed by atoms with E-state index in [1.165, 1.54) is 6.33 Å². The lowest BCUT2D eigenvalue weighted by Crippen LogP contribution is -2.00. The second-order valence-electron chi connectivity index (χ2n) is 4.76. The van der Waals surface area contributed by atoms with Gasteiger partial charge in [-0.3, -0.25) is 0 Å². The summed E-state index contributed by atoms with van der Waals surface area (Å²) in [6, 6.07) is 5.33. The van der Waals surface area contributed by atoms with Gasteiger partial charge in [0.25, 0.3) is 0 Å². The molecule has 0 aliphatic heterocycles. The van der Waals surface area contributed by atoms with Crippen molar-refractivity contribution in [2.45, 2.75) is 6.92 Å². The molecule has 0 unspecified atom stereocenters. The van der Waals surface area contributed by atoms with Crippen molar-refractivity contribution in [3.8, 4) is 17.2 Å². The van der Waals surface area contributed by atoms with Gasteiger partial charge in [-0.1, -0.05) is 6.07 Å². The Hall–Kier alpha value is -2.96. The minimum atomic E-state index is 0.218. The van der Waals surface area contributed by atoms with Crippen LogP contribution < -0.4 is 14.8 Å². The number of nitrogens with zero attached hydrogens (tertiary/aromatic N) is 3. The number of hydrogen-bond acceptors (Lipinski definition) is 6. The second kappa shape index (κ2) is 5.44. The molecule has 0 fully saturated rings. The van der Waals surface area contributed by atoms with Crippen LogP contribution in [-0.4, -0.2) is 33.9 Å². The van der Waals surface area contributed by atoms with Gasteiger partial charge < -0.3 is 19.9 Å². The van der Waals surface area contributed by atoms with Crippen LogP contribution in [0.3, 0.4) is 0 Å². The first-order chi connectivity index (χ1) is 10.6. The van der Waals surface area contributed by atoms with Crippen LogP contribution in [0.2, 0.25) is 0 Å². The molecule has 0 aliphatic rings. The van der Waals surface area contributed by atoms with Gasteiger partial charge in [-0.15, -0.1) is 0 Å². The third-order valence-corrected chi connectivity index (χ3v) is 3.39. The Morgan fingerprint density at radius 2 is 2.05 bits per heavy atom. The molecule has 7 heteroatoms. The van der Waals surface area contributed by atoms with Gasteiger partial charge in [0, 0.05) is 11.8 Å². The number of fused-ring (bicyclic) bond motifs is 1. The molecule has 2 N–H and O–H groups in total. The number of benzene rings is 1. The zero-order valence-electron chi connectivity index (χ0n) is 12.5. The van der Waals surface area contributed by atoms with Crippen LogP contribution in [0.1, 0.15) is 5.56 Å². The van der Waals surface area contributed by atoms with E-state index in [4.69, 9.17) is 9.47 Å². The first kappa shape index (κ1) is 14.0. The molecule has 1 aromatic carbocycles. The number of aromatic nitrogens is 3. The molecule has 22 heavy (non-hydrogen) atoms. The number of ether oxygens (including phenoxy) is 2. The highest BCUT2D eigenvalue weighted by atomic mass is 16.5. The molecule has 0 atom stereocenters. The number of phenols is 1. The Morgan fingerprint density at radius 1 is 1.23 bits per heavy atom. The molecule has 2 aromatic heterocycles. The minimum absolute atomic E-state index is 0.218. The van der Waals surface area contributed by atoms with Crippen LogP contribution >= 0.6 is 0 Å². The largest absolute Gasteiger partial charge is 0.508 e. The van der Waals surface area contributed by atoms with Crippen LogP contribution in [0.25, 0.3) is 5.52 Å². The van der Waals surface area contributed by atoms with Gasteiger partial charge in [-0.2, -0.15) is 5.10 Å². The van der Waals surface area contributed by atoms with E-state index in [0.717, 1.165) is 5.56 Å². The van der Waals surface area contributed by atoms with Crippen LogP contribution in [0.4, 0.5) is 11.5 Å². The molecule has 3 aromatic rings. The molecular weight excluding hydrogens is 284 g/mol. The highest BCUT2D eigenvalue weighted by Gasteiger charge is 2.17. The van der Waals surface area contributed by atoms with Crippen molar-refractivity contribution < 1.29 is 14.6 Å². The fourth-order valence-electron chi connectivity index (χ4n) is 2.22. The molecule has 7 nitrogen and oxygen atoms in total. The van der Waals surface area contributed by atoms with Crippen LogP contribution in [0.15, 0.2) is 30.7 Å². The van der Waals surface area contributed by atoms with Gasteiger partial charge in [-0.25, -0.2) is 9.50 Å². The molecule has 0 bridgehead atoms. The molecule has 0 saturated carbocycles. The van der Waals surface area contributed by atoms with Gasteiger partial charge in [0.2, 0.25) is 0 Å². The van der Waals surface area contributed by atoms with Crippen molar-refractivity contribution in [1.82, 2.24) is 14.6 Å². The second-order valence-corrected chi connectivity index (χ2v) is 4.76. The third kappa shape index (κ3) is 2.26. The van der Waals surface area contributed by atoms with Gasteiger partial charge in [0.05, 0.1) is 20.4 Å². The predicted molar refractivity (Wildman–Crippen MR) is 82.2 cm³/mol. The molecule has 0 saturated heterocycles. The van der Waals surface area contributed by atoms with Gasteiger partial charge >= 0.3 is 0 Å². The number of phenolic OH excluding ortho intramolecular Hbond substituents is 1. The Morgan fingerprint density at radius 3 is 2.73 bits per heavy atom. The lowest BCUT2D eigenvalue weighted by molar-refractivity contribution is 0.360. The minimum Gasteiger partial charge on any atom is -0.508 e. The Bertz CT molecular complexity index is 829. The summed E-state index contributed by atoms with van der Waals surface area (Å²) in [5.74, 6) is 1.88. The number of hydrogen-bond donors (Lipinski definition) is 2. The van der Waals surface area contributed by atoms with Crippen molar-refractivity contribution in [3.05, 3.63) is 36.3 Å². The molecule has 3 rings (SSSR count). The van der Waals surface area contributed by atoms with Crippen LogP contribution in [0, 0.1) is 6.92 Å². The average molecular weight is 300 g/mol. The summed E-state index contributed by atoms with van der Waals surface area (Å²) in [6.07, 6.45) is 3.15. The summed E-state index contributed by atoms with van der Waals surface area (Å²) in [4.78, 5) is 4.25. The number of aromatic hydroxyl groups is 1. The SMILES string of the molecule is COc1cn2ncnc(Nc3ccc(C)c(O)c3)c2c1OC. The van der Waals surface area contributed by atoms with E-state index in [0.29, 0.717) is 28.5 Å². The summed E-state index contributed by atoms with van der Waals surface area (Å²) in [6.45, 7) is 1.84. The summed E-state index contributed by atoms with van der Waals surface area (Å²) in [5.41, 5.74) is 2.17. The van der Waals surface area contributed by atoms with E-state index in [1.54, 1.807) is 31.0 Å². The van der Waals surface area contributed by atoms with E-state index in [9.17, 15) is 5.11 Å². The number of rotatable bonds is 4.